The second kappa shape index (κ2) is 5.08. The Bertz CT molecular complexity index is 583. The summed E-state index contributed by atoms with van der Waals surface area (Å²) in [5.41, 5.74) is 2.44. The summed E-state index contributed by atoms with van der Waals surface area (Å²) in [6.07, 6.45) is 5.36. The number of rotatable bonds is 5. The minimum atomic E-state index is 0.183. The maximum absolute atomic E-state index is 11.9. The molecule has 0 spiro atoms. The van der Waals surface area contributed by atoms with E-state index in [2.05, 4.69) is 22.4 Å². The van der Waals surface area contributed by atoms with Crippen molar-refractivity contribution >= 4 is 16.8 Å². The number of hydrogen-bond acceptors (Lipinski definition) is 1. The molecule has 0 aliphatic heterocycles. The number of benzene rings is 1. The molecule has 1 aromatic heterocycles. The van der Waals surface area contributed by atoms with Crippen LogP contribution in [-0.4, -0.2) is 17.4 Å². The summed E-state index contributed by atoms with van der Waals surface area (Å²) < 4.78 is 0. The molecular formula is C16H20N2O. The van der Waals surface area contributed by atoms with Gasteiger partial charge in [0.25, 0.3) is 0 Å². The lowest BCUT2D eigenvalue weighted by molar-refractivity contribution is -0.125. The summed E-state index contributed by atoms with van der Waals surface area (Å²) in [7, 11) is 0. The molecule has 100 valence electrons. The van der Waals surface area contributed by atoms with Crippen molar-refractivity contribution in [3.8, 4) is 0 Å². The fraction of sp³-hybridized carbons (Fsp3) is 0.438. The first-order valence-electron chi connectivity index (χ1n) is 7.08. The Morgan fingerprint density at radius 2 is 2.21 bits per heavy atom. The van der Waals surface area contributed by atoms with Crippen LogP contribution < -0.4 is 5.32 Å². The van der Waals surface area contributed by atoms with E-state index in [1.165, 1.54) is 23.8 Å². The summed E-state index contributed by atoms with van der Waals surface area (Å²) in [6, 6.07) is 8.28. The number of H-pyrrole nitrogens is 1. The standard InChI is InChI=1S/C16H20N2O/c1-11(12-6-7-12)16(19)17-9-8-13-10-18-15-5-3-2-4-14(13)15/h2-5,10-12,18H,6-9H2,1H3,(H,17,19). The number of nitrogens with one attached hydrogen (secondary N) is 2. The second-order valence-electron chi connectivity index (χ2n) is 5.53. The molecule has 19 heavy (non-hydrogen) atoms. The van der Waals surface area contributed by atoms with Crippen LogP contribution in [-0.2, 0) is 11.2 Å². The van der Waals surface area contributed by atoms with Gasteiger partial charge in [0.1, 0.15) is 0 Å². The van der Waals surface area contributed by atoms with Crippen molar-refractivity contribution in [3.63, 3.8) is 0 Å². The van der Waals surface area contributed by atoms with Crippen LogP contribution >= 0.6 is 0 Å². The van der Waals surface area contributed by atoms with Crippen LogP contribution in [0.3, 0.4) is 0 Å². The Kier molecular flexibility index (Phi) is 3.28. The third-order valence-corrected chi connectivity index (χ3v) is 4.11. The highest BCUT2D eigenvalue weighted by Gasteiger charge is 2.32. The molecule has 1 amide bonds. The van der Waals surface area contributed by atoms with E-state index in [-0.39, 0.29) is 11.8 Å². The zero-order valence-corrected chi connectivity index (χ0v) is 11.3. The largest absolute Gasteiger partial charge is 0.361 e. The number of amides is 1. The van der Waals surface area contributed by atoms with E-state index in [1.807, 2.05) is 25.3 Å². The number of fused-ring (bicyclic) bond motifs is 1. The number of hydrogen-bond donors (Lipinski definition) is 2. The monoisotopic (exact) mass is 256 g/mol. The van der Waals surface area contributed by atoms with E-state index in [4.69, 9.17) is 0 Å². The fourth-order valence-electron chi connectivity index (χ4n) is 2.63. The highest BCUT2D eigenvalue weighted by atomic mass is 16.1. The average molecular weight is 256 g/mol. The topological polar surface area (TPSA) is 44.9 Å². The van der Waals surface area contributed by atoms with E-state index < -0.39 is 0 Å². The normalized spacial score (nSPS) is 16.5. The minimum Gasteiger partial charge on any atom is -0.361 e. The van der Waals surface area contributed by atoms with E-state index in [9.17, 15) is 4.79 Å². The molecule has 0 bridgehead atoms. The third kappa shape index (κ3) is 2.65. The molecule has 3 heteroatoms. The second-order valence-corrected chi connectivity index (χ2v) is 5.53. The van der Waals surface area contributed by atoms with Crippen molar-refractivity contribution in [2.24, 2.45) is 11.8 Å². The van der Waals surface area contributed by atoms with Crippen LogP contribution in [0.25, 0.3) is 10.9 Å². The van der Waals surface area contributed by atoms with Gasteiger partial charge in [-0.1, -0.05) is 25.1 Å². The molecule has 3 rings (SSSR count). The average Bonchev–Trinajstić information content (AvgIpc) is 3.20. The first kappa shape index (κ1) is 12.3. The van der Waals surface area contributed by atoms with Crippen molar-refractivity contribution < 1.29 is 4.79 Å². The lowest BCUT2D eigenvalue weighted by Gasteiger charge is -2.10. The van der Waals surface area contributed by atoms with Gasteiger partial charge in [0.05, 0.1) is 0 Å². The number of para-hydroxylation sites is 1. The molecule has 1 unspecified atom stereocenters. The highest BCUT2D eigenvalue weighted by Crippen LogP contribution is 2.36. The smallest absolute Gasteiger partial charge is 0.223 e. The first-order chi connectivity index (χ1) is 9.25. The minimum absolute atomic E-state index is 0.183. The van der Waals surface area contributed by atoms with Gasteiger partial charge in [-0.3, -0.25) is 4.79 Å². The molecule has 1 aromatic carbocycles. The van der Waals surface area contributed by atoms with Crippen molar-refractivity contribution in [2.45, 2.75) is 26.2 Å². The highest BCUT2D eigenvalue weighted by molar-refractivity contribution is 5.83. The van der Waals surface area contributed by atoms with E-state index in [0.29, 0.717) is 5.92 Å². The molecule has 1 heterocycles. The van der Waals surface area contributed by atoms with Gasteiger partial charge in [-0.25, -0.2) is 0 Å². The van der Waals surface area contributed by atoms with Gasteiger partial charge >= 0.3 is 0 Å². The summed E-state index contributed by atoms with van der Waals surface area (Å²) in [6.45, 7) is 2.76. The zero-order valence-electron chi connectivity index (χ0n) is 11.3. The molecule has 1 aliphatic carbocycles. The van der Waals surface area contributed by atoms with Crippen LogP contribution in [0.5, 0.6) is 0 Å². The Balaban J connectivity index is 1.56. The first-order valence-corrected chi connectivity index (χ1v) is 7.08. The van der Waals surface area contributed by atoms with Gasteiger partial charge in [-0.15, -0.1) is 0 Å². The summed E-state index contributed by atoms with van der Waals surface area (Å²) in [5, 5.41) is 4.31. The van der Waals surface area contributed by atoms with Crippen molar-refractivity contribution in [1.29, 1.82) is 0 Å². The zero-order chi connectivity index (χ0) is 13.2. The molecule has 0 saturated heterocycles. The predicted octanol–water partition coefficient (Wildman–Crippen LogP) is 2.87. The fourth-order valence-corrected chi connectivity index (χ4v) is 2.63. The Morgan fingerprint density at radius 3 is 3.00 bits per heavy atom. The maximum atomic E-state index is 11.9. The van der Waals surface area contributed by atoms with E-state index in [0.717, 1.165) is 18.5 Å². The molecule has 1 aliphatic rings. The quantitative estimate of drug-likeness (QED) is 0.849. The van der Waals surface area contributed by atoms with Crippen molar-refractivity contribution in [2.75, 3.05) is 6.54 Å². The van der Waals surface area contributed by atoms with E-state index in [1.54, 1.807) is 0 Å². The van der Waals surface area contributed by atoms with Gasteiger partial charge in [-0.2, -0.15) is 0 Å². The SMILES string of the molecule is CC(C(=O)NCCc1c[nH]c2ccccc12)C1CC1. The van der Waals surface area contributed by atoms with Crippen LogP contribution in [0.4, 0.5) is 0 Å². The Labute approximate surface area is 113 Å². The van der Waals surface area contributed by atoms with Crippen molar-refractivity contribution in [3.05, 3.63) is 36.0 Å². The number of carbonyl (C=O) groups is 1. The predicted molar refractivity (Wildman–Crippen MR) is 76.9 cm³/mol. The van der Waals surface area contributed by atoms with Crippen LogP contribution in [0.2, 0.25) is 0 Å². The molecule has 3 nitrogen and oxygen atoms in total. The molecule has 0 radical (unpaired) electrons. The summed E-state index contributed by atoms with van der Waals surface area (Å²) in [4.78, 5) is 15.2. The van der Waals surface area contributed by atoms with Gasteiger partial charge in [-0.05, 0) is 36.8 Å². The third-order valence-electron chi connectivity index (χ3n) is 4.11. The molecule has 2 N–H and O–H groups in total. The Morgan fingerprint density at radius 1 is 1.42 bits per heavy atom. The maximum Gasteiger partial charge on any atom is 0.223 e. The number of aromatic nitrogens is 1. The van der Waals surface area contributed by atoms with Crippen LogP contribution in [0.1, 0.15) is 25.3 Å². The lowest BCUT2D eigenvalue weighted by atomic mass is 10.1. The van der Waals surface area contributed by atoms with Crippen LogP contribution in [0.15, 0.2) is 30.5 Å². The molecular weight excluding hydrogens is 236 g/mol. The lowest BCUT2D eigenvalue weighted by Crippen LogP contribution is -2.31. The summed E-state index contributed by atoms with van der Waals surface area (Å²) in [5.74, 6) is 1.03. The molecule has 1 atom stereocenters. The molecule has 2 aromatic rings. The number of carbonyl (C=O) groups excluding carboxylic acids is 1. The Hall–Kier alpha value is -1.77. The van der Waals surface area contributed by atoms with Gasteiger partial charge in [0, 0.05) is 29.6 Å². The van der Waals surface area contributed by atoms with Crippen LogP contribution in [0, 0.1) is 11.8 Å². The van der Waals surface area contributed by atoms with Gasteiger partial charge < -0.3 is 10.3 Å². The summed E-state index contributed by atoms with van der Waals surface area (Å²) >= 11 is 0. The molecule has 1 saturated carbocycles. The molecule has 1 fully saturated rings. The number of aromatic amines is 1. The van der Waals surface area contributed by atoms with Gasteiger partial charge in [0.2, 0.25) is 5.91 Å². The van der Waals surface area contributed by atoms with E-state index >= 15 is 0 Å². The van der Waals surface area contributed by atoms with Gasteiger partial charge in [0.15, 0.2) is 0 Å². The van der Waals surface area contributed by atoms with Crippen molar-refractivity contribution in [1.82, 2.24) is 10.3 Å².